The molecule has 0 unspecified atom stereocenters. The molecule has 0 amide bonds. The van der Waals surface area contributed by atoms with E-state index in [1.807, 2.05) is 31.1 Å². The number of rotatable bonds is 4. The third-order valence-electron chi connectivity index (χ3n) is 2.39. The monoisotopic (exact) mass is 266 g/mol. The van der Waals surface area contributed by atoms with E-state index >= 15 is 0 Å². The lowest BCUT2D eigenvalue weighted by Gasteiger charge is -2.06. The Kier molecular flexibility index (Phi) is 3.78. The fourth-order valence-electron chi connectivity index (χ4n) is 1.50. The van der Waals surface area contributed by atoms with Crippen LogP contribution >= 0.6 is 11.3 Å². The minimum atomic E-state index is -0.429. The molecular formula is C12H14N2O3S. The fourth-order valence-corrected chi connectivity index (χ4v) is 2.37. The molecule has 1 aromatic rings. The number of ether oxygens (including phenoxy) is 1. The molecule has 2 rings (SSSR count). The van der Waals surface area contributed by atoms with E-state index in [1.54, 1.807) is 24.5 Å². The first-order valence-corrected chi connectivity index (χ1v) is 6.20. The van der Waals surface area contributed by atoms with Crippen LogP contribution in [0.1, 0.15) is 4.88 Å². The number of methoxy groups -OCH3 is 1. The van der Waals surface area contributed by atoms with E-state index < -0.39 is 5.97 Å². The highest BCUT2D eigenvalue weighted by molar-refractivity contribution is 7.17. The van der Waals surface area contributed by atoms with Gasteiger partial charge in [-0.15, -0.1) is 11.3 Å². The van der Waals surface area contributed by atoms with Gasteiger partial charge in [-0.25, -0.2) is 4.79 Å². The van der Waals surface area contributed by atoms with Crippen molar-refractivity contribution in [3.8, 4) is 0 Å². The number of carbonyl (C=O) groups excluding carboxylic acids is 1. The molecular weight excluding hydrogens is 252 g/mol. The predicted molar refractivity (Wildman–Crippen MR) is 72.0 cm³/mol. The van der Waals surface area contributed by atoms with Crippen LogP contribution in [0.3, 0.4) is 0 Å². The molecule has 6 heteroatoms. The lowest BCUT2D eigenvalue weighted by molar-refractivity contribution is -0.136. The van der Waals surface area contributed by atoms with Crippen LogP contribution in [0.5, 0.6) is 0 Å². The number of hydrogen-bond donors (Lipinski definition) is 0. The third kappa shape index (κ3) is 2.60. The molecule has 18 heavy (non-hydrogen) atoms. The van der Waals surface area contributed by atoms with E-state index in [-0.39, 0.29) is 6.61 Å². The number of nitrogens with zero attached hydrogens (tertiary/aromatic N) is 2. The Bertz CT molecular complexity index is 517. The molecule has 0 bridgehead atoms. The van der Waals surface area contributed by atoms with Crippen molar-refractivity contribution >= 4 is 34.1 Å². The van der Waals surface area contributed by atoms with Crippen LogP contribution in [0.2, 0.25) is 0 Å². The maximum absolute atomic E-state index is 11.5. The summed E-state index contributed by atoms with van der Waals surface area (Å²) in [6.07, 6.45) is 1.78. The van der Waals surface area contributed by atoms with E-state index in [0.717, 1.165) is 9.88 Å². The highest BCUT2D eigenvalue weighted by atomic mass is 32.1. The molecule has 1 aromatic heterocycles. The first-order valence-electron chi connectivity index (χ1n) is 5.38. The molecule has 0 radical (unpaired) electrons. The second kappa shape index (κ2) is 5.32. The van der Waals surface area contributed by atoms with Crippen molar-refractivity contribution < 1.29 is 14.4 Å². The van der Waals surface area contributed by atoms with E-state index in [4.69, 9.17) is 4.74 Å². The summed E-state index contributed by atoms with van der Waals surface area (Å²) in [5, 5.41) is 4.82. The maximum Gasteiger partial charge on any atom is 0.367 e. The predicted octanol–water partition coefficient (Wildman–Crippen LogP) is 1.76. The zero-order valence-electron chi connectivity index (χ0n) is 10.5. The van der Waals surface area contributed by atoms with Crippen LogP contribution in [0.25, 0.3) is 6.08 Å². The summed E-state index contributed by atoms with van der Waals surface area (Å²) in [5.41, 5.74) is 0.992. The van der Waals surface area contributed by atoms with Crippen molar-refractivity contribution in [3.63, 3.8) is 0 Å². The summed E-state index contributed by atoms with van der Waals surface area (Å²) in [6.45, 7) is 0.267. The number of thiophene rings is 1. The molecule has 0 aromatic carbocycles. The van der Waals surface area contributed by atoms with E-state index in [0.29, 0.717) is 11.3 Å². The molecule has 2 heterocycles. The maximum atomic E-state index is 11.5. The Labute approximate surface area is 109 Å². The standard InChI is InChI=1S/C12H14N2O3S/c1-14(2)11-5-4-8(18-11)6-9-10(7-16-3)13-17-12(9)15/h4-6H,7H2,1-3H3. The zero-order valence-corrected chi connectivity index (χ0v) is 11.3. The van der Waals surface area contributed by atoms with E-state index in [9.17, 15) is 4.79 Å². The number of oxime groups is 1. The molecule has 0 saturated carbocycles. The van der Waals surface area contributed by atoms with Crippen molar-refractivity contribution in [2.75, 3.05) is 32.7 Å². The molecule has 5 nitrogen and oxygen atoms in total. The normalized spacial score (nSPS) is 16.9. The lowest BCUT2D eigenvalue weighted by Crippen LogP contribution is -2.10. The Morgan fingerprint density at radius 1 is 1.50 bits per heavy atom. The van der Waals surface area contributed by atoms with Crippen molar-refractivity contribution in [1.82, 2.24) is 0 Å². The van der Waals surface area contributed by atoms with Crippen LogP contribution < -0.4 is 4.90 Å². The van der Waals surface area contributed by atoms with Gasteiger partial charge in [0.1, 0.15) is 5.71 Å². The largest absolute Gasteiger partial charge is 0.378 e. The summed E-state index contributed by atoms with van der Waals surface area (Å²) >= 11 is 1.60. The summed E-state index contributed by atoms with van der Waals surface area (Å²) in [6, 6.07) is 3.97. The second-order valence-electron chi connectivity index (χ2n) is 3.98. The smallest absolute Gasteiger partial charge is 0.367 e. The molecule has 0 N–H and O–H groups in total. The van der Waals surface area contributed by atoms with Crippen LogP contribution in [-0.4, -0.2) is 39.5 Å². The fraction of sp³-hybridized carbons (Fsp3) is 0.333. The number of hydrogen-bond acceptors (Lipinski definition) is 6. The molecule has 1 aliphatic heterocycles. The van der Waals surface area contributed by atoms with Gasteiger partial charge in [-0.1, -0.05) is 5.16 Å². The molecule has 0 saturated heterocycles. The molecule has 0 spiro atoms. The highest BCUT2D eigenvalue weighted by Gasteiger charge is 2.25. The summed E-state index contributed by atoms with van der Waals surface area (Å²) in [4.78, 5) is 19.2. The molecule has 0 fully saturated rings. The van der Waals surface area contributed by atoms with Gasteiger partial charge in [0.15, 0.2) is 0 Å². The highest BCUT2D eigenvalue weighted by Crippen LogP contribution is 2.27. The van der Waals surface area contributed by atoms with Crippen LogP contribution in [0.15, 0.2) is 22.9 Å². The van der Waals surface area contributed by atoms with Gasteiger partial charge in [0.2, 0.25) is 0 Å². The van der Waals surface area contributed by atoms with Crippen LogP contribution in [0, 0.1) is 0 Å². The number of anilines is 1. The van der Waals surface area contributed by atoms with Gasteiger partial charge in [0.25, 0.3) is 0 Å². The van der Waals surface area contributed by atoms with Gasteiger partial charge in [-0.2, -0.15) is 0 Å². The topological polar surface area (TPSA) is 51.1 Å². The average Bonchev–Trinajstić information content (AvgIpc) is 2.91. The van der Waals surface area contributed by atoms with E-state index in [1.165, 1.54) is 0 Å². The summed E-state index contributed by atoms with van der Waals surface area (Å²) in [7, 11) is 5.51. The van der Waals surface area contributed by atoms with Crippen LogP contribution in [-0.2, 0) is 14.4 Å². The van der Waals surface area contributed by atoms with Crippen molar-refractivity contribution in [2.45, 2.75) is 0 Å². The SMILES string of the molecule is COCC1=NOC(=O)C1=Cc1ccc(N(C)C)s1. The van der Waals surface area contributed by atoms with Crippen molar-refractivity contribution in [3.05, 3.63) is 22.6 Å². The van der Waals surface area contributed by atoms with Gasteiger partial charge in [-0.3, -0.25) is 0 Å². The minimum absolute atomic E-state index is 0.267. The quantitative estimate of drug-likeness (QED) is 0.615. The molecule has 96 valence electrons. The number of carbonyl (C=O) groups is 1. The Balaban J connectivity index is 2.25. The zero-order chi connectivity index (χ0) is 13.1. The van der Waals surface area contributed by atoms with Gasteiger partial charge in [0.05, 0.1) is 17.2 Å². The molecule has 1 aliphatic rings. The summed E-state index contributed by atoms with van der Waals surface area (Å²) in [5.74, 6) is -0.429. The summed E-state index contributed by atoms with van der Waals surface area (Å²) < 4.78 is 4.98. The van der Waals surface area contributed by atoms with Crippen molar-refractivity contribution in [1.29, 1.82) is 0 Å². The van der Waals surface area contributed by atoms with Gasteiger partial charge in [-0.05, 0) is 18.2 Å². The second-order valence-corrected chi connectivity index (χ2v) is 5.07. The van der Waals surface area contributed by atoms with Crippen molar-refractivity contribution in [2.24, 2.45) is 5.16 Å². The van der Waals surface area contributed by atoms with Gasteiger partial charge < -0.3 is 14.5 Å². The van der Waals surface area contributed by atoms with Gasteiger partial charge >= 0.3 is 5.97 Å². The molecule has 0 aliphatic carbocycles. The Morgan fingerprint density at radius 2 is 2.28 bits per heavy atom. The van der Waals surface area contributed by atoms with Gasteiger partial charge in [0, 0.05) is 26.1 Å². The van der Waals surface area contributed by atoms with E-state index in [2.05, 4.69) is 9.99 Å². The Morgan fingerprint density at radius 3 is 2.89 bits per heavy atom. The third-order valence-corrected chi connectivity index (χ3v) is 3.59. The first-order chi connectivity index (χ1) is 8.61. The average molecular weight is 266 g/mol. The first kappa shape index (κ1) is 12.8. The lowest BCUT2D eigenvalue weighted by atomic mass is 10.1. The Hall–Kier alpha value is -1.66. The van der Waals surface area contributed by atoms with Crippen LogP contribution in [0.4, 0.5) is 5.00 Å². The minimum Gasteiger partial charge on any atom is -0.378 e. The molecule has 0 atom stereocenters.